The lowest BCUT2D eigenvalue weighted by Gasteiger charge is -2.42. The number of thiazole rings is 1. The van der Waals surface area contributed by atoms with Crippen LogP contribution < -0.4 is 5.32 Å². The van der Waals surface area contributed by atoms with Crippen molar-refractivity contribution in [3.8, 4) is 0 Å². The van der Waals surface area contributed by atoms with Gasteiger partial charge in [-0.2, -0.15) is 0 Å². The first-order valence-electron chi connectivity index (χ1n) is 6.49. The Morgan fingerprint density at radius 2 is 2.06 bits per heavy atom. The first-order chi connectivity index (χ1) is 8.78. The van der Waals surface area contributed by atoms with Gasteiger partial charge in [0.15, 0.2) is 5.13 Å². The van der Waals surface area contributed by atoms with Crippen LogP contribution in [0.25, 0.3) is 0 Å². The van der Waals surface area contributed by atoms with E-state index in [0.717, 1.165) is 11.7 Å². The molecule has 1 aromatic heterocycles. The number of benzene rings is 1. The van der Waals surface area contributed by atoms with Crippen LogP contribution >= 0.6 is 11.3 Å². The van der Waals surface area contributed by atoms with Crippen LogP contribution in [-0.2, 0) is 5.41 Å². The minimum absolute atomic E-state index is 0.333. The summed E-state index contributed by atoms with van der Waals surface area (Å²) in [5, 5.41) is 6.54. The molecular weight excluding hydrogens is 240 g/mol. The van der Waals surface area contributed by atoms with E-state index >= 15 is 0 Å². The molecule has 1 N–H and O–H groups in total. The largest absolute Gasteiger partial charge is 0.361 e. The Morgan fingerprint density at radius 3 is 2.61 bits per heavy atom. The number of aryl methyl sites for hydroxylation is 1. The third-order valence-electron chi connectivity index (χ3n) is 3.98. The van der Waals surface area contributed by atoms with E-state index in [2.05, 4.69) is 41.5 Å². The third kappa shape index (κ3) is 2.15. The zero-order valence-electron chi connectivity index (χ0n) is 10.6. The van der Waals surface area contributed by atoms with E-state index in [1.165, 1.54) is 30.4 Å². The highest BCUT2D eigenvalue weighted by atomic mass is 32.1. The lowest BCUT2D eigenvalue weighted by atomic mass is 9.64. The lowest BCUT2D eigenvalue weighted by molar-refractivity contribution is 0.260. The second-order valence-corrected chi connectivity index (χ2v) is 6.09. The zero-order chi connectivity index (χ0) is 12.4. The fourth-order valence-corrected chi connectivity index (χ4v) is 3.16. The molecule has 0 spiro atoms. The standard InChI is InChI=1S/C15H18N2S/c1-12-3-5-13(6-4-12)15(7-2-8-15)11-17-14-16-9-10-18-14/h3-6,9-10H,2,7-8,11H2,1H3,(H,16,17). The van der Waals surface area contributed by atoms with Gasteiger partial charge in [0, 0.05) is 23.5 Å². The summed E-state index contributed by atoms with van der Waals surface area (Å²) in [6.45, 7) is 3.15. The van der Waals surface area contributed by atoms with Crippen molar-refractivity contribution in [1.82, 2.24) is 4.98 Å². The van der Waals surface area contributed by atoms with Crippen LogP contribution in [0.5, 0.6) is 0 Å². The number of hydrogen-bond donors (Lipinski definition) is 1. The van der Waals surface area contributed by atoms with Gasteiger partial charge in [0.25, 0.3) is 0 Å². The predicted molar refractivity (Wildman–Crippen MR) is 77.3 cm³/mol. The summed E-state index contributed by atoms with van der Waals surface area (Å²) in [5.41, 5.74) is 3.14. The Labute approximate surface area is 112 Å². The fourth-order valence-electron chi connectivity index (χ4n) is 2.63. The maximum atomic E-state index is 4.29. The summed E-state index contributed by atoms with van der Waals surface area (Å²) in [6.07, 6.45) is 5.77. The molecule has 0 saturated heterocycles. The van der Waals surface area contributed by atoms with Gasteiger partial charge in [0.05, 0.1) is 0 Å². The molecule has 1 aromatic carbocycles. The van der Waals surface area contributed by atoms with Gasteiger partial charge in [-0.1, -0.05) is 36.2 Å². The highest BCUT2D eigenvalue weighted by molar-refractivity contribution is 7.13. The Balaban J connectivity index is 1.75. The monoisotopic (exact) mass is 258 g/mol. The van der Waals surface area contributed by atoms with Gasteiger partial charge >= 0.3 is 0 Å². The van der Waals surface area contributed by atoms with E-state index in [1.54, 1.807) is 11.3 Å². The van der Waals surface area contributed by atoms with Gasteiger partial charge < -0.3 is 5.32 Å². The highest BCUT2D eigenvalue weighted by Gasteiger charge is 2.38. The van der Waals surface area contributed by atoms with Crippen molar-refractivity contribution in [3.05, 3.63) is 47.0 Å². The maximum Gasteiger partial charge on any atom is 0.182 e. The molecule has 1 aliphatic rings. The van der Waals surface area contributed by atoms with Crippen molar-refractivity contribution >= 4 is 16.5 Å². The van der Waals surface area contributed by atoms with Crippen molar-refractivity contribution < 1.29 is 0 Å². The second-order valence-electron chi connectivity index (χ2n) is 5.19. The molecule has 0 aliphatic heterocycles. The molecule has 3 rings (SSSR count). The Bertz CT molecular complexity index is 498. The molecule has 1 heterocycles. The van der Waals surface area contributed by atoms with Gasteiger partial charge in [-0.05, 0) is 25.3 Å². The minimum Gasteiger partial charge on any atom is -0.361 e. The first kappa shape index (κ1) is 11.7. The van der Waals surface area contributed by atoms with Crippen LogP contribution in [0.4, 0.5) is 5.13 Å². The SMILES string of the molecule is Cc1ccc(C2(CNc3nccs3)CCC2)cc1. The highest BCUT2D eigenvalue weighted by Crippen LogP contribution is 2.43. The smallest absolute Gasteiger partial charge is 0.182 e. The molecular formula is C15H18N2S. The topological polar surface area (TPSA) is 24.9 Å². The van der Waals surface area contributed by atoms with Crippen molar-refractivity contribution in [2.45, 2.75) is 31.6 Å². The van der Waals surface area contributed by atoms with Crippen molar-refractivity contribution in [1.29, 1.82) is 0 Å². The number of nitrogens with zero attached hydrogens (tertiary/aromatic N) is 1. The molecule has 94 valence electrons. The van der Waals surface area contributed by atoms with Crippen LogP contribution in [0.3, 0.4) is 0 Å². The fraction of sp³-hybridized carbons (Fsp3) is 0.400. The summed E-state index contributed by atoms with van der Waals surface area (Å²) in [4.78, 5) is 4.29. The first-order valence-corrected chi connectivity index (χ1v) is 7.37. The number of rotatable bonds is 4. The molecule has 2 nitrogen and oxygen atoms in total. The number of anilines is 1. The van der Waals surface area contributed by atoms with E-state index in [4.69, 9.17) is 0 Å². The molecule has 0 atom stereocenters. The van der Waals surface area contributed by atoms with Gasteiger partial charge in [-0.15, -0.1) is 11.3 Å². The van der Waals surface area contributed by atoms with Gasteiger partial charge in [0.1, 0.15) is 0 Å². The van der Waals surface area contributed by atoms with Gasteiger partial charge in [-0.25, -0.2) is 4.98 Å². The molecule has 2 aromatic rings. The van der Waals surface area contributed by atoms with Gasteiger partial charge in [0.2, 0.25) is 0 Å². The summed E-state index contributed by atoms with van der Waals surface area (Å²) in [7, 11) is 0. The molecule has 0 radical (unpaired) electrons. The number of hydrogen-bond acceptors (Lipinski definition) is 3. The molecule has 3 heteroatoms. The molecule has 1 saturated carbocycles. The van der Waals surface area contributed by atoms with E-state index < -0.39 is 0 Å². The normalized spacial score (nSPS) is 17.2. The van der Waals surface area contributed by atoms with Crippen molar-refractivity contribution in [3.63, 3.8) is 0 Å². The lowest BCUT2D eigenvalue weighted by Crippen LogP contribution is -2.40. The van der Waals surface area contributed by atoms with E-state index in [9.17, 15) is 0 Å². The maximum absolute atomic E-state index is 4.29. The Hall–Kier alpha value is -1.35. The van der Waals surface area contributed by atoms with Crippen LogP contribution in [-0.4, -0.2) is 11.5 Å². The summed E-state index contributed by atoms with van der Waals surface area (Å²) < 4.78 is 0. The van der Waals surface area contributed by atoms with E-state index in [0.29, 0.717) is 5.41 Å². The molecule has 0 bridgehead atoms. The summed E-state index contributed by atoms with van der Waals surface area (Å²) in [5.74, 6) is 0. The molecule has 0 amide bonds. The van der Waals surface area contributed by atoms with Crippen molar-refractivity contribution in [2.75, 3.05) is 11.9 Å². The van der Waals surface area contributed by atoms with Gasteiger partial charge in [-0.3, -0.25) is 0 Å². The van der Waals surface area contributed by atoms with Crippen LogP contribution in [0.2, 0.25) is 0 Å². The quantitative estimate of drug-likeness (QED) is 0.897. The van der Waals surface area contributed by atoms with Crippen LogP contribution in [0.15, 0.2) is 35.8 Å². The van der Waals surface area contributed by atoms with Crippen molar-refractivity contribution in [2.24, 2.45) is 0 Å². The molecule has 0 unspecified atom stereocenters. The predicted octanol–water partition coefficient (Wildman–Crippen LogP) is 3.99. The molecule has 1 fully saturated rings. The Kier molecular flexibility index (Phi) is 3.08. The third-order valence-corrected chi connectivity index (χ3v) is 4.72. The van der Waals surface area contributed by atoms with Crippen LogP contribution in [0.1, 0.15) is 30.4 Å². The molecule has 1 aliphatic carbocycles. The number of aromatic nitrogens is 1. The number of nitrogens with one attached hydrogen (secondary N) is 1. The minimum atomic E-state index is 0.333. The Morgan fingerprint density at radius 1 is 1.28 bits per heavy atom. The molecule has 18 heavy (non-hydrogen) atoms. The summed E-state index contributed by atoms with van der Waals surface area (Å²) >= 11 is 1.67. The van der Waals surface area contributed by atoms with Crippen LogP contribution in [0, 0.1) is 6.92 Å². The average molecular weight is 258 g/mol. The summed E-state index contributed by atoms with van der Waals surface area (Å²) in [6, 6.07) is 9.02. The average Bonchev–Trinajstić information content (AvgIpc) is 2.83. The second kappa shape index (κ2) is 4.73. The zero-order valence-corrected chi connectivity index (χ0v) is 11.5. The van der Waals surface area contributed by atoms with E-state index in [-0.39, 0.29) is 0 Å². The van der Waals surface area contributed by atoms with E-state index in [1.807, 2.05) is 11.6 Å².